The molecule has 3 aromatic rings. The summed E-state index contributed by atoms with van der Waals surface area (Å²) in [4.78, 5) is 15.4. The minimum atomic E-state index is -0.124. The molecule has 1 aliphatic heterocycles. The molecule has 0 saturated heterocycles. The van der Waals surface area contributed by atoms with Crippen molar-refractivity contribution in [3.63, 3.8) is 0 Å². The van der Waals surface area contributed by atoms with E-state index in [4.69, 9.17) is 9.47 Å². The number of nitrogens with zero attached hydrogens (tertiary/aromatic N) is 2. The molecule has 0 N–H and O–H groups in total. The lowest BCUT2D eigenvalue weighted by Crippen LogP contribution is -2.38. The van der Waals surface area contributed by atoms with Gasteiger partial charge in [0.1, 0.15) is 11.5 Å². The third kappa shape index (κ3) is 2.80. The summed E-state index contributed by atoms with van der Waals surface area (Å²) in [5, 5.41) is 0. The van der Waals surface area contributed by atoms with Gasteiger partial charge in [0.25, 0.3) is 5.91 Å². The van der Waals surface area contributed by atoms with E-state index in [-0.39, 0.29) is 11.9 Å². The molecule has 2 aromatic carbocycles. The normalized spacial score (nSPS) is 15.1. The summed E-state index contributed by atoms with van der Waals surface area (Å²) in [6.45, 7) is 2.03. The van der Waals surface area contributed by atoms with Crippen molar-refractivity contribution >= 4 is 27.5 Å². The van der Waals surface area contributed by atoms with Gasteiger partial charge in [-0.3, -0.25) is 9.69 Å². The van der Waals surface area contributed by atoms with Crippen LogP contribution in [0.3, 0.4) is 0 Å². The third-order valence-electron chi connectivity index (χ3n) is 4.91. The molecule has 0 spiro atoms. The van der Waals surface area contributed by atoms with Gasteiger partial charge in [-0.1, -0.05) is 15.9 Å². The largest absolute Gasteiger partial charge is 0.497 e. The van der Waals surface area contributed by atoms with Crippen LogP contribution in [0.1, 0.15) is 29.0 Å². The molecule has 5 nitrogen and oxygen atoms in total. The number of rotatable bonds is 3. The summed E-state index contributed by atoms with van der Waals surface area (Å²) in [7, 11) is 3.14. The Labute approximate surface area is 166 Å². The topological polar surface area (TPSA) is 43.7 Å². The van der Waals surface area contributed by atoms with Gasteiger partial charge >= 0.3 is 0 Å². The van der Waals surface area contributed by atoms with Gasteiger partial charge in [-0.25, -0.2) is 0 Å². The fourth-order valence-corrected chi connectivity index (χ4v) is 3.93. The van der Waals surface area contributed by atoms with E-state index in [2.05, 4.69) is 20.5 Å². The summed E-state index contributed by atoms with van der Waals surface area (Å²) in [5.41, 5.74) is 3.38. The summed E-state index contributed by atoms with van der Waals surface area (Å²) >= 11 is 3.53. The highest BCUT2D eigenvalue weighted by Gasteiger charge is 2.34. The van der Waals surface area contributed by atoms with Crippen LogP contribution in [0.15, 0.2) is 59.2 Å². The molecule has 0 bridgehead atoms. The van der Waals surface area contributed by atoms with Crippen molar-refractivity contribution < 1.29 is 14.3 Å². The maximum atomic E-state index is 13.6. The van der Waals surface area contributed by atoms with Gasteiger partial charge in [0.05, 0.1) is 37.2 Å². The first-order valence-corrected chi connectivity index (χ1v) is 9.37. The average Bonchev–Trinajstić information content (AvgIpc) is 3.17. The van der Waals surface area contributed by atoms with Gasteiger partial charge in [-0.2, -0.15) is 0 Å². The average molecular weight is 427 g/mol. The first-order valence-electron chi connectivity index (χ1n) is 8.58. The number of methoxy groups -OCH3 is 2. The molecule has 0 aliphatic carbocycles. The van der Waals surface area contributed by atoms with E-state index in [1.807, 2.05) is 48.4 Å². The Kier molecular flexibility index (Phi) is 4.44. The van der Waals surface area contributed by atoms with Crippen LogP contribution < -0.4 is 14.4 Å². The Bertz CT molecular complexity index is 1030. The van der Waals surface area contributed by atoms with E-state index in [0.29, 0.717) is 17.1 Å². The van der Waals surface area contributed by atoms with Crippen molar-refractivity contribution in [3.8, 4) is 17.2 Å². The zero-order valence-electron chi connectivity index (χ0n) is 15.3. The Balaban J connectivity index is 1.87. The number of amides is 1. The zero-order valence-corrected chi connectivity index (χ0v) is 16.9. The van der Waals surface area contributed by atoms with E-state index in [1.165, 1.54) is 0 Å². The molecule has 138 valence electrons. The molecule has 1 aromatic heterocycles. The van der Waals surface area contributed by atoms with Gasteiger partial charge in [0.2, 0.25) is 0 Å². The number of hydrogen-bond acceptors (Lipinski definition) is 3. The minimum absolute atomic E-state index is 0.117. The maximum Gasteiger partial charge on any atom is 0.262 e. The van der Waals surface area contributed by atoms with Crippen molar-refractivity contribution in [1.29, 1.82) is 0 Å². The van der Waals surface area contributed by atoms with E-state index in [9.17, 15) is 4.79 Å². The smallest absolute Gasteiger partial charge is 0.262 e. The zero-order chi connectivity index (χ0) is 19.1. The molecular formula is C21H19BrN2O3. The number of carbonyl (C=O) groups is 1. The second-order valence-corrected chi connectivity index (χ2v) is 7.27. The standard InChI is InChI=1S/C21H19BrN2O3/c1-13-17-5-4-10-23(17)18-9-6-14(22)11-19(18)24(13)21(25)16-8-7-15(26-2)12-20(16)27-3/h4-13H,1-3H3. The molecular weight excluding hydrogens is 408 g/mol. The number of carbonyl (C=O) groups excluding carboxylic acids is 1. The van der Waals surface area contributed by atoms with Crippen LogP contribution in [0.4, 0.5) is 5.69 Å². The van der Waals surface area contributed by atoms with Gasteiger partial charge in [0, 0.05) is 22.4 Å². The van der Waals surface area contributed by atoms with Crippen molar-refractivity contribution in [2.24, 2.45) is 0 Å². The summed E-state index contributed by atoms with van der Waals surface area (Å²) in [5.74, 6) is 1.02. The van der Waals surface area contributed by atoms with E-state index in [1.54, 1.807) is 32.4 Å². The van der Waals surface area contributed by atoms with Crippen LogP contribution in [0.5, 0.6) is 11.5 Å². The second-order valence-electron chi connectivity index (χ2n) is 6.35. The molecule has 6 heteroatoms. The summed E-state index contributed by atoms with van der Waals surface area (Å²) in [6, 6.07) is 15.1. The predicted octanol–water partition coefficient (Wildman–Crippen LogP) is 4.98. The molecule has 2 heterocycles. The number of anilines is 1. The van der Waals surface area contributed by atoms with Gasteiger partial charge in [-0.15, -0.1) is 0 Å². The SMILES string of the molecule is COc1ccc(C(=O)N2c3cc(Br)ccc3-n3cccc3C2C)c(OC)c1. The van der Waals surface area contributed by atoms with Crippen LogP contribution in [0.25, 0.3) is 5.69 Å². The Morgan fingerprint density at radius 1 is 1.04 bits per heavy atom. The van der Waals surface area contributed by atoms with E-state index in [0.717, 1.165) is 21.5 Å². The summed E-state index contributed by atoms with van der Waals surface area (Å²) < 4.78 is 13.8. The highest BCUT2D eigenvalue weighted by Crippen LogP contribution is 2.41. The molecule has 4 rings (SSSR count). The third-order valence-corrected chi connectivity index (χ3v) is 5.40. The fourth-order valence-electron chi connectivity index (χ4n) is 3.58. The first-order chi connectivity index (χ1) is 13.0. The van der Waals surface area contributed by atoms with Crippen molar-refractivity contribution in [1.82, 2.24) is 4.57 Å². The lowest BCUT2D eigenvalue weighted by atomic mass is 10.0. The highest BCUT2D eigenvalue weighted by atomic mass is 79.9. The monoisotopic (exact) mass is 426 g/mol. The number of aromatic nitrogens is 1. The van der Waals surface area contributed by atoms with Crippen LogP contribution in [-0.2, 0) is 0 Å². The Morgan fingerprint density at radius 3 is 2.59 bits per heavy atom. The number of fused-ring (bicyclic) bond motifs is 3. The molecule has 0 saturated carbocycles. The lowest BCUT2D eigenvalue weighted by molar-refractivity contribution is 0.0973. The van der Waals surface area contributed by atoms with Crippen LogP contribution in [0.2, 0.25) is 0 Å². The first kappa shape index (κ1) is 17.7. The molecule has 1 aliphatic rings. The fraction of sp³-hybridized carbons (Fsp3) is 0.190. The molecule has 27 heavy (non-hydrogen) atoms. The van der Waals surface area contributed by atoms with E-state index >= 15 is 0 Å². The molecule has 1 amide bonds. The van der Waals surface area contributed by atoms with Crippen LogP contribution >= 0.6 is 15.9 Å². The summed E-state index contributed by atoms with van der Waals surface area (Å²) in [6.07, 6.45) is 2.02. The molecule has 0 fully saturated rings. The Morgan fingerprint density at radius 2 is 1.85 bits per heavy atom. The number of ether oxygens (including phenoxy) is 2. The van der Waals surface area contributed by atoms with E-state index < -0.39 is 0 Å². The molecule has 1 unspecified atom stereocenters. The Hall–Kier alpha value is -2.73. The molecule has 1 atom stereocenters. The lowest BCUT2D eigenvalue weighted by Gasteiger charge is -2.36. The number of benzene rings is 2. The quantitative estimate of drug-likeness (QED) is 0.593. The highest BCUT2D eigenvalue weighted by molar-refractivity contribution is 9.10. The maximum absolute atomic E-state index is 13.6. The van der Waals surface area contributed by atoms with Crippen LogP contribution in [0, 0.1) is 0 Å². The van der Waals surface area contributed by atoms with Crippen molar-refractivity contribution in [2.45, 2.75) is 13.0 Å². The van der Waals surface area contributed by atoms with Gasteiger partial charge in [0.15, 0.2) is 0 Å². The predicted molar refractivity (Wildman–Crippen MR) is 108 cm³/mol. The van der Waals surface area contributed by atoms with Crippen LogP contribution in [-0.4, -0.2) is 24.7 Å². The minimum Gasteiger partial charge on any atom is -0.497 e. The van der Waals surface area contributed by atoms with Gasteiger partial charge < -0.3 is 14.0 Å². The second kappa shape index (κ2) is 6.78. The number of hydrogen-bond donors (Lipinski definition) is 0. The van der Waals surface area contributed by atoms with Gasteiger partial charge in [-0.05, 0) is 49.4 Å². The van der Waals surface area contributed by atoms with Crippen molar-refractivity contribution in [3.05, 3.63) is 70.5 Å². The molecule has 0 radical (unpaired) electrons. The van der Waals surface area contributed by atoms with Crippen molar-refractivity contribution in [2.75, 3.05) is 19.1 Å². The number of halogens is 1.